The first kappa shape index (κ1) is 18.3. The molecule has 0 aromatic carbocycles. The summed E-state index contributed by atoms with van der Waals surface area (Å²) in [4.78, 5) is 37.4. The maximum Gasteiger partial charge on any atom is 0.408 e. The molecule has 1 atom stereocenters. The molecule has 1 amide bonds. The molecule has 0 aliphatic heterocycles. The molecule has 9 heteroatoms. The van der Waals surface area contributed by atoms with Crippen molar-refractivity contribution in [3.63, 3.8) is 0 Å². The van der Waals surface area contributed by atoms with Crippen LogP contribution in [0.15, 0.2) is 18.3 Å². The fraction of sp³-hybridized carbons (Fsp3) is 0.500. The van der Waals surface area contributed by atoms with Crippen LogP contribution in [0.25, 0.3) is 0 Å². The summed E-state index contributed by atoms with van der Waals surface area (Å²) in [5, 5.41) is 13.0. The number of nitrogens with one attached hydrogen (secondary N) is 1. The first-order valence-corrected chi connectivity index (χ1v) is 6.79. The van der Waals surface area contributed by atoms with Gasteiger partial charge in [-0.05, 0) is 26.8 Å². The van der Waals surface area contributed by atoms with Crippen molar-refractivity contribution in [1.29, 1.82) is 0 Å². The molecule has 1 aromatic rings. The van der Waals surface area contributed by atoms with Gasteiger partial charge in [-0.25, -0.2) is 9.59 Å². The molecule has 23 heavy (non-hydrogen) atoms. The largest absolute Gasteiger partial charge is 0.467 e. The van der Waals surface area contributed by atoms with Gasteiger partial charge in [0.1, 0.15) is 17.8 Å². The van der Waals surface area contributed by atoms with E-state index in [0.717, 1.165) is 6.20 Å². The Labute approximate surface area is 133 Å². The number of ether oxygens (including phenoxy) is 2. The molecule has 1 heterocycles. The lowest BCUT2D eigenvalue weighted by Gasteiger charge is -2.22. The fourth-order valence-corrected chi connectivity index (χ4v) is 1.64. The molecule has 9 nitrogen and oxygen atoms in total. The zero-order valence-corrected chi connectivity index (χ0v) is 13.4. The molecule has 126 valence electrons. The van der Waals surface area contributed by atoms with Gasteiger partial charge < -0.3 is 14.8 Å². The van der Waals surface area contributed by atoms with Crippen LogP contribution in [-0.4, -0.2) is 40.7 Å². The number of hydrogen-bond acceptors (Lipinski definition) is 7. The number of methoxy groups -OCH3 is 1. The van der Waals surface area contributed by atoms with E-state index in [0.29, 0.717) is 5.69 Å². The number of amides is 1. The maximum absolute atomic E-state index is 11.8. The van der Waals surface area contributed by atoms with Crippen LogP contribution in [0.2, 0.25) is 0 Å². The lowest BCUT2D eigenvalue weighted by Crippen LogP contribution is -2.45. The van der Waals surface area contributed by atoms with Crippen molar-refractivity contribution < 1.29 is 24.0 Å². The van der Waals surface area contributed by atoms with Gasteiger partial charge in [0.05, 0.1) is 12.0 Å². The van der Waals surface area contributed by atoms with E-state index >= 15 is 0 Å². The summed E-state index contributed by atoms with van der Waals surface area (Å²) in [5.41, 5.74) is -0.485. The van der Waals surface area contributed by atoms with Gasteiger partial charge in [-0.2, -0.15) is 0 Å². The quantitative estimate of drug-likeness (QED) is 0.496. The normalized spacial score (nSPS) is 12.2. The highest BCUT2D eigenvalue weighted by Crippen LogP contribution is 2.11. The van der Waals surface area contributed by atoms with Crippen LogP contribution in [0.4, 0.5) is 10.5 Å². The van der Waals surface area contributed by atoms with Crippen LogP contribution in [0.1, 0.15) is 26.5 Å². The number of hydrogen-bond donors (Lipinski definition) is 1. The Balaban J connectivity index is 2.80. The van der Waals surface area contributed by atoms with Crippen molar-refractivity contribution in [3.8, 4) is 0 Å². The van der Waals surface area contributed by atoms with Crippen molar-refractivity contribution in [3.05, 3.63) is 34.1 Å². The molecular weight excluding hydrogens is 306 g/mol. The Morgan fingerprint density at radius 2 is 2.04 bits per heavy atom. The summed E-state index contributed by atoms with van der Waals surface area (Å²) in [5.74, 6) is -0.670. The third kappa shape index (κ3) is 6.29. The van der Waals surface area contributed by atoms with Gasteiger partial charge in [-0.1, -0.05) is 0 Å². The highest BCUT2D eigenvalue weighted by atomic mass is 16.6. The Bertz CT molecular complexity index is 579. The lowest BCUT2D eigenvalue weighted by atomic mass is 10.1. The number of pyridine rings is 1. The average molecular weight is 325 g/mol. The summed E-state index contributed by atoms with van der Waals surface area (Å²) in [6, 6.07) is 1.67. The second kappa shape index (κ2) is 7.52. The minimum atomic E-state index is -1.01. The average Bonchev–Trinajstić information content (AvgIpc) is 2.44. The molecular formula is C14H19N3O6. The van der Waals surface area contributed by atoms with Crippen LogP contribution in [0.3, 0.4) is 0 Å². The van der Waals surface area contributed by atoms with E-state index in [1.165, 1.54) is 19.2 Å². The highest BCUT2D eigenvalue weighted by molar-refractivity contribution is 5.81. The van der Waals surface area contributed by atoms with E-state index < -0.39 is 28.6 Å². The molecule has 0 aliphatic rings. The fourth-order valence-electron chi connectivity index (χ4n) is 1.64. The van der Waals surface area contributed by atoms with Crippen molar-refractivity contribution in [2.75, 3.05) is 7.11 Å². The minimum absolute atomic E-state index is 0.0178. The number of rotatable bonds is 5. The highest BCUT2D eigenvalue weighted by Gasteiger charge is 2.25. The summed E-state index contributed by atoms with van der Waals surface area (Å²) in [6.07, 6.45) is 0.330. The molecule has 0 saturated heterocycles. The van der Waals surface area contributed by atoms with Crippen LogP contribution in [-0.2, 0) is 20.7 Å². The second-order valence-corrected chi connectivity index (χ2v) is 5.69. The van der Waals surface area contributed by atoms with Gasteiger partial charge in [-0.3, -0.25) is 15.1 Å². The predicted octanol–water partition coefficient (Wildman–Crippen LogP) is 1.60. The minimum Gasteiger partial charge on any atom is -0.467 e. The first-order chi connectivity index (χ1) is 10.6. The molecule has 0 saturated carbocycles. The Morgan fingerprint density at radius 1 is 1.39 bits per heavy atom. The third-order valence-electron chi connectivity index (χ3n) is 2.61. The number of esters is 1. The topological polar surface area (TPSA) is 121 Å². The second-order valence-electron chi connectivity index (χ2n) is 5.69. The Kier molecular flexibility index (Phi) is 6.00. The summed E-state index contributed by atoms with van der Waals surface area (Å²) in [6.45, 7) is 5.08. The Morgan fingerprint density at radius 3 is 2.48 bits per heavy atom. The molecule has 0 fully saturated rings. The van der Waals surface area contributed by atoms with E-state index in [1.807, 2.05) is 0 Å². The van der Waals surface area contributed by atoms with E-state index in [1.54, 1.807) is 20.8 Å². The van der Waals surface area contributed by atoms with Crippen molar-refractivity contribution in [1.82, 2.24) is 10.3 Å². The van der Waals surface area contributed by atoms with Crippen molar-refractivity contribution in [2.45, 2.75) is 38.8 Å². The smallest absolute Gasteiger partial charge is 0.408 e. The number of nitrogens with zero attached hydrogens (tertiary/aromatic N) is 2. The number of aromatic nitrogens is 1. The van der Waals surface area contributed by atoms with Gasteiger partial charge in [0.15, 0.2) is 0 Å². The molecule has 1 aromatic heterocycles. The predicted molar refractivity (Wildman–Crippen MR) is 79.8 cm³/mol. The van der Waals surface area contributed by atoms with E-state index in [-0.39, 0.29) is 12.1 Å². The monoisotopic (exact) mass is 325 g/mol. The van der Waals surface area contributed by atoms with Crippen molar-refractivity contribution >= 4 is 17.7 Å². The summed E-state index contributed by atoms with van der Waals surface area (Å²) < 4.78 is 9.72. The Hall–Kier alpha value is -2.71. The van der Waals surface area contributed by atoms with Crippen LogP contribution >= 0.6 is 0 Å². The number of carbonyl (C=O) groups is 2. The molecule has 0 radical (unpaired) electrons. The number of carbonyl (C=O) groups excluding carboxylic acids is 2. The van der Waals surface area contributed by atoms with Crippen LogP contribution in [0.5, 0.6) is 0 Å². The molecule has 0 spiro atoms. The van der Waals surface area contributed by atoms with Crippen LogP contribution < -0.4 is 5.32 Å². The first-order valence-electron chi connectivity index (χ1n) is 6.79. The van der Waals surface area contributed by atoms with E-state index in [4.69, 9.17) is 4.74 Å². The van der Waals surface area contributed by atoms with Gasteiger partial charge in [0, 0.05) is 18.2 Å². The molecule has 1 rings (SSSR count). The summed E-state index contributed by atoms with van der Waals surface area (Å²) in [7, 11) is 1.19. The number of nitro groups is 1. The molecule has 0 aliphatic carbocycles. The molecule has 0 unspecified atom stereocenters. The molecule has 0 bridgehead atoms. The van der Waals surface area contributed by atoms with E-state index in [9.17, 15) is 19.7 Å². The zero-order valence-electron chi connectivity index (χ0n) is 13.4. The maximum atomic E-state index is 11.8. The van der Waals surface area contributed by atoms with Gasteiger partial charge in [0.2, 0.25) is 0 Å². The van der Waals surface area contributed by atoms with Gasteiger partial charge in [0.25, 0.3) is 5.69 Å². The van der Waals surface area contributed by atoms with Gasteiger partial charge >= 0.3 is 12.1 Å². The molecule has 1 N–H and O–H groups in total. The summed E-state index contributed by atoms with van der Waals surface area (Å²) >= 11 is 0. The standard InChI is InChI=1S/C14H19N3O6/c1-14(2,3)23-13(19)16-11(12(18)22-4)7-9-5-6-10(8-15-9)17(20)21/h5-6,8,11H,7H2,1-4H3,(H,16,19)/t11-/m0/s1. The number of alkyl carbamates (subject to hydrolysis) is 1. The SMILES string of the molecule is COC(=O)[C@H](Cc1ccc([N+](=O)[O-])cn1)NC(=O)OC(C)(C)C. The van der Waals surface area contributed by atoms with Crippen LogP contribution in [0, 0.1) is 10.1 Å². The van der Waals surface area contributed by atoms with E-state index in [2.05, 4.69) is 15.0 Å². The van der Waals surface area contributed by atoms with Crippen molar-refractivity contribution in [2.24, 2.45) is 0 Å². The van der Waals surface area contributed by atoms with Gasteiger partial charge in [-0.15, -0.1) is 0 Å². The lowest BCUT2D eigenvalue weighted by molar-refractivity contribution is -0.385. The zero-order chi connectivity index (χ0) is 17.6. The third-order valence-corrected chi connectivity index (χ3v) is 2.61.